The van der Waals surface area contributed by atoms with Gasteiger partial charge in [0.25, 0.3) is 5.91 Å². The topological polar surface area (TPSA) is 58.6 Å². The largest absolute Gasteiger partial charge is 0.494 e. The third kappa shape index (κ3) is 3.72. The van der Waals surface area contributed by atoms with Gasteiger partial charge in [0.1, 0.15) is 5.75 Å². The minimum atomic E-state index is -0.0485. The van der Waals surface area contributed by atoms with Crippen LogP contribution in [0.15, 0.2) is 24.3 Å². The zero-order chi connectivity index (χ0) is 20.7. The van der Waals surface area contributed by atoms with Crippen molar-refractivity contribution in [1.82, 2.24) is 10.2 Å². The Morgan fingerprint density at radius 2 is 1.57 bits per heavy atom. The summed E-state index contributed by atoms with van der Waals surface area (Å²) in [5, 5.41) is 3.16. The molecule has 0 atom stereocenters. The quantitative estimate of drug-likeness (QED) is 0.798. The van der Waals surface area contributed by atoms with Gasteiger partial charge in [-0.25, -0.2) is 0 Å². The summed E-state index contributed by atoms with van der Waals surface area (Å²) in [7, 11) is 0. The maximum absolute atomic E-state index is 13.5. The van der Waals surface area contributed by atoms with E-state index in [1.54, 1.807) is 0 Å². The van der Waals surface area contributed by atoms with Crippen LogP contribution in [0.2, 0.25) is 0 Å². The van der Waals surface area contributed by atoms with Crippen molar-refractivity contribution in [2.24, 2.45) is 23.2 Å². The second-order valence-corrected chi connectivity index (χ2v) is 10.2. The van der Waals surface area contributed by atoms with E-state index < -0.39 is 0 Å². The van der Waals surface area contributed by atoms with Crippen molar-refractivity contribution in [3.8, 4) is 5.75 Å². The van der Waals surface area contributed by atoms with Gasteiger partial charge in [0.05, 0.1) is 12.0 Å². The molecule has 0 spiro atoms. The highest BCUT2D eigenvalue weighted by atomic mass is 16.5. The van der Waals surface area contributed by atoms with Crippen molar-refractivity contribution >= 4 is 11.8 Å². The van der Waals surface area contributed by atoms with Crippen molar-refractivity contribution in [3.63, 3.8) is 0 Å². The van der Waals surface area contributed by atoms with Crippen LogP contribution >= 0.6 is 0 Å². The second-order valence-electron chi connectivity index (χ2n) is 10.2. The standard InChI is InChI=1S/C25H34N2O3/c1-2-30-22-5-3-20(4-6-22)23(28)26-21-7-9-27(10-8-21)24(29)25-14-17-11-18(15-25)13-19(12-17)16-25/h3-6,17-19,21H,2,7-16H2,1H3,(H,26,28). The summed E-state index contributed by atoms with van der Waals surface area (Å²) in [6.45, 7) is 4.11. The summed E-state index contributed by atoms with van der Waals surface area (Å²) in [5.41, 5.74) is 0.609. The Balaban J connectivity index is 1.15. The Kier molecular flexibility index (Phi) is 5.24. The number of hydrogen-bond donors (Lipinski definition) is 1. The monoisotopic (exact) mass is 410 g/mol. The molecule has 6 rings (SSSR count). The number of benzene rings is 1. The highest BCUT2D eigenvalue weighted by Crippen LogP contribution is 2.60. The first-order valence-electron chi connectivity index (χ1n) is 11.9. The van der Waals surface area contributed by atoms with E-state index in [0.717, 1.165) is 68.7 Å². The zero-order valence-electron chi connectivity index (χ0n) is 18.1. The molecule has 0 aromatic heterocycles. The molecule has 30 heavy (non-hydrogen) atoms. The third-order valence-electron chi connectivity index (χ3n) is 8.04. The van der Waals surface area contributed by atoms with E-state index in [2.05, 4.69) is 10.2 Å². The van der Waals surface area contributed by atoms with E-state index in [1.807, 2.05) is 31.2 Å². The van der Waals surface area contributed by atoms with E-state index in [9.17, 15) is 9.59 Å². The number of ether oxygens (including phenoxy) is 1. The zero-order valence-corrected chi connectivity index (χ0v) is 18.1. The van der Waals surface area contributed by atoms with Crippen LogP contribution in [-0.2, 0) is 4.79 Å². The molecular weight excluding hydrogens is 376 g/mol. The van der Waals surface area contributed by atoms with Gasteiger partial charge in [-0.15, -0.1) is 0 Å². The van der Waals surface area contributed by atoms with Crippen LogP contribution < -0.4 is 10.1 Å². The summed E-state index contributed by atoms with van der Waals surface area (Å²) < 4.78 is 5.44. The van der Waals surface area contributed by atoms with Gasteiger partial charge in [-0.2, -0.15) is 0 Å². The molecular formula is C25H34N2O3. The predicted molar refractivity (Wildman–Crippen MR) is 115 cm³/mol. The van der Waals surface area contributed by atoms with Crippen molar-refractivity contribution < 1.29 is 14.3 Å². The maximum atomic E-state index is 13.5. The number of carbonyl (C=O) groups is 2. The summed E-state index contributed by atoms with van der Waals surface area (Å²) in [5.74, 6) is 3.57. The molecule has 1 aromatic rings. The van der Waals surface area contributed by atoms with Crippen LogP contribution in [0.5, 0.6) is 5.75 Å². The molecule has 1 aliphatic heterocycles. The Bertz CT molecular complexity index is 760. The summed E-state index contributed by atoms with van der Waals surface area (Å²) in [4.78, 5) is 28.2. The molecule has 4 saturated carbocycles. The smallest absolute Gasteiger partial charge is 0.251 e. The lowest BCUT2D eigenvalue weighted by molar-refractivity contribution is -0.158. The lowest BCUT2D eigenvalue weighted by atomic mass is 9.49. The van der Waals surface area contributed by atoms with E-state index in [-0.39, 0.29) is 17.4 Å². The highest BCUT2D eigenvalue weighted by Gasteiger charge is 2.55. The van der Waals surface area contributed by atoms with Gasteiger partial charge < -0.3 is 15.0 Å². The van der Waals surface area contributed by atoms with Crippen molar-refractivity contribution in [1.29, 1.82) is 0 Å². The average molecular weight is 411 g/mol. The molecule has 1 saturated heterocycles. The number of nitrogens with one attached hydrogen (secondary N) is 1. The van der Waals surface area contributed by atoms with Crippen LogP contribution in [0.25, 0.3) is 0 Å². The van der Waals surface area contributed by atoms with Crippen LogP contribution in [0.3, 0.4) is 0 Å². The Hall–Kier alpha value is -2.04. The van der Waals surface area contributed by atoms with Crippen LogP contribution in [0, 0.1) is 23.2 Å². The first kappa shape index (κ1) is 19.9. The molecule has 0 radical (unpaired) electrons. The summed E-state index contributed by atoms with van der Waals surface area (Å²) in [6.07, 6.45) is 9.19. The van der Waals surface area contributed by atoms with Gasteiger partial charge >= 0.3 is 0 Å². The van der Waals surface area contributed by atoms with Crippen LogP contribution in [0.4, 0.5) is 0 Å². The number of hydrogen-bond acceptors (Lipinski definition) is 3. The van der Waals surface area contributed by atoms with Gasteiger partial charge in [-0.05, 0) is 100 Å². The maximum Gasteiger partial charge on any atom is 0.251 e. The molecule has 4 aliphatic carbocycles. The van der Waals surface area contributed by atoms with Crippen LogP contribution in [-0.4, -0.2) is 42.5 Å². The predicted octanol–water partition coefficient (Wildman–Crippen LogP) is 4.02. The van der Waals surface area contributed by atoms with Gasteiger partial charge in [-0.3, -0.25) is 9.59 Å². The first-order chi connectivity index (χ1) is 14.5. The Morgan fingerprint density at radius 1 is 1.00 bits per heavy atom. The van der Waals surface area contributed by atoms with Crippen molar-refractivity contribution in [2.75, 3.05) is 19.7 Å². The number of rotatable bonds is 5. The molecule has 5 fully saturated rings. The highest BCUT2D eigenvalue weighted by molar-refractivity contribution is 5.94. The Morgan fingerprint density at radius 3 is 2.10 bits per heavy atom. The number of amides is 2. The van der Waals surface area contributed by atoms with E-state index in [1.165, 1.54) is 19.3 Å². The fraction of sp³-hybridized carbons (Fsp3) is 0.680. The third-order valence-corrected chi connectivity index (χ3v) is 8.04. The van der Waals surface area contributed by atoms with Crippen molar-refractivity contribution in [3.05, 3.63) is 29.8 Å². The van der Waals surface area contributed by atoms with Crippen LogP contribution in [0.1, 0.15) is 68.6 Å². The lowest BCUT2D eigenvalue weighted by Crippen LogP contribution is -2.56. The summed E-state index contributed by atoms with van der Waals surface area (Å²) in [6, 6.07) is 7.44. The van der Waals surface area contributed by atoms with Crippen molar-refractivity contribution in [2.45, 2.75) is 64.3 Å². The van der Waals surface area contributed by atoms with Gasteiger partial charge in [-0.1, -0.05) is 0 Å². The molecule has 1 aromatic carbocycles. The normalized spacial score (nSPS) is 32.8. The molecule has 0 unspecified atom stereocenters. The number of nitrogens with zero attached hydrogens (tertiary/aromatic N) is 1. The number of likely N-dealkylation sites (tertiary alicyclic amines) is 1. The minimum absolute atomic E-state index is 0.0380. The Labute approximate surface area is 179 Å². The fourth-order valence-electron chi connectivity index (χ4n) is 7.07. The second kappa shape index (κ2) is 7.90. The van der Waals surface area contributed by atoms with Gasteiger partial charge in [0.2, 0.25) is 5.91 Å². The minimum Gasteiger partial charge on any atom is -0.494 e. The molecule has 1 N–H and O–H groups in total. The van der Waals surface area contributed by atoms with Gasteiger partial charge in [0, 0.05) is 24.7 Å². The molecule has 5 heteroatoms. The lowest BCUT2D eigenvalue weighted by Gasteiger charge is -2.57. The molecule has 162 valence electrons. The van der Waals surface area contributed by atoms with Gasteiger partial charge in [0.15, 0.2) is 0 Å². The number of carbonyl (C=O) groups excluding carboxylic acids is 2. The van der Waals surface area contributed by atoms with E-state index in [0.29, 0.717) is 18.1 Å². The molecule has 5 aliphatic rings. The van der Waals surface area contributed by atoms with E-state index in [4.69, 9.17) is 4.74 Å². The molecule has 5 nitrogen and oxygen atoms in total. The number of piperidine rings is 1. The SMILES string of the molecule is CCOc1ccc(C(=O)NC2CCN(C(=O)C34CC5CC(CC(C5)C3)C4)CC2)cc1. The average Bonchev–Trinajstić information content (AvgIpc) is 2.73. The molecule has 2 amide bonds. The first-order valence-corrected chi connectivity index (χ1v) is 11.9. The summed E-state index contributed by atoms with van der Waals surface area (Å²) >= 11 is 0. The molecule has 4 bridgehead atoms. The van der Waals surface area contributed by atoms with E-state index >= 15 is 0 Å². The molecule has 1 heterocycles. The fourth-order valence-corrected chi connectivity index (χ4v) is 7.07.